The standard InChI is InChI=1S/C24H25N3O3S/c1-2-3-15-30-21-14-7-6-13-20(21)23(29)25-24(31)27-26-22(28)16-18-11-8-10-17-9-4-5-12-19(17)18/h4-14H,2-3,15-16H2,1H3,(H,26,28)(H2,25,27,29,31). The van der Waals surface area contributed by atoms with Crippen LogP contribution in [0, 0.1) is 0 Å². The molecule has 3 rings (SSSR count). The Labute approximate surface area is 187 Å². The second kappa shape index (κ2) is 11.1. The predicted molar refractivity (Wildman–Crippen MR) is 126 cm³/mol. The monoisotopic (exact) mass is 435 g/mol. The van der Waals surface area contributed by atoms with Crippen molar-refractivity contribution < 1.29 is 14.3 Å². The van der Waals surface area contributed by atoms with Gasteiger partial charge in [-0.3, -0.25) is 25.8 Å². The van der Waals surface area contributed by atoms with Crippen molar-refractivity contribution in [2.45, 2.75) is 26.2 Å². The van der Waals surface area contributed by atoms with Crippen molar-refractivity contribution in [3.05, 3.63) is 77.9 Å². The lowest BCUT2D eigenvalue weighted by Gasteiger charge is -2.13. The van der Waals surface area contributed by atoms with Gasteiger partial charge in [0.1, 0.15) is 5.75 Å². The smallest absolute Gasteiger partial charge is 0.261 e. The Morgan fingerprint density at radius 3 is 2.52 bits per heavy atom. The van der Waals surface area contributed by atoms with Gasteiger partial charge in [-0.2, -0.15) is 0 Å². The van der Waals surface area contributed by atoms with Gasteiger partial charge >= 0.3 is 0 Å². The van der Waals surface area contributed by atoms with E-state index in [-0.39, 0.29) is 17.4 Å². The summed E-state index contributed by atoms with van der Waals surface area (Å²) in [5.74, 6) is -0.180. The van der Waals surface area contributed by atoms with E-state index in [9.17, 15) is 9.59 Å². The van der Waals surface area contributed by atoms with E-state index in [1.54, 1.807) is 18.2 Å². The largest absolute Gasteiger partial charge is 0.493 e. The molecular formula is C24H25N3O3S. The van der Waals surface area contributed by atoms with Crippen molar-refractivity contribution in [2.24, 2.45) is 0 Å². The van der Waals surface area contributed by atoms with Crippen LogP contribution in [0.4, 0.5) is 0 Å². The molecule has 0 saturated heterocycles. The normalized spacial score (nSPS) is 10.4. The Bertz CT molecular complexity index is 1080. The number of benzene rings is 3. The van der Waals surface area contributed by atoms with Crippen molar-refractivity contribution in [3.8, 4) is 5.75 Å². The fourth-order valence-electron chi connectivity index (χ4n) is 3.10. The van der Waals surface area contributed by atoms with Crippen LogP contribution in [-0.4, -0.2) is 23.5 Å². The summed E-state index contributed by atoms with van der Waals surface area (Å²) in [4.78, 5) is 24.9. The molecule has 0 aliphatic carbocycles. The van der Waals surface area contributed by atoms with Crippen LogP contribution in [0.1, 0.15) is 35.7 Å². The first kappa shape index (κ1) is 22.2. The summed E-state index contributed by atoms with van der Waals surface area (Å²) in [7, 11) is 0. The van der Waals surface area contributed by atoms with E-state index in [0.717, 1.165) is 29.2 Å². The number of unbranched alkanes of at least 4 members (excludes halogenated alkanes) is 1. The maximum atomic E-state index is 12.6. The molecule has 0 fully saturated rings. The second-order valence-corrected chi connectivity index (χ2v) is 7.38. The summed E-state index contributed by atoms with van der Waals surface area (Å²) >= 11 is 5.14. The minimum atomic E-state index is -0.409. The van der Waals surface area contributed by atoms with Crippen LogP contribution in [0.25, 0.3) is 10.8 Å². The maximum absolute atomic E-state index is 12.6. The van der Waals surface area contributed by atoms with Crippen molar-refractivity contribution in [3.63, 3.8) is 0 Å². The number of carbonyl (C=O) groups excluding carboxylic acids is 2. The molecule has 0 unspecified atom stereocenters. The van der Waals surface area contributed by atoms with Gasteiger partial charge in [-0.05, 0) is 47.1 Å². The molecule has 7 heteroatoms. The van der Waals surface area contributed by atoms with Gasteiger partial charge in [-0.15, -0.1) is 0 Å². The summed E-state index contributed by atoms with van der Waals surface area (Å²) in [6.45, 7) is 2.61. The molecule has 0 saturated carbocycles. The number of ether oxygens (including phenoxy) is 1. The highest BCUT2D eigenvalue weighted by Gasteiger charge is 2.14. The van der Waals surface area contributed by atoms with Crippen LogP contribution in [0.5, 0.6) is 5.75 Å². The number of hydrazine groups is 1. The molecule has 160 valence electrons. The van der Waals surface area contributed by atoms with Crippen LogP contribution in [-0.2, 0) is 11.2 Å². The number of nitrogens with one attached hydrogen (secondary N) is 3. The van der Waals surface area contributed by atoms with E-state index in [4.69, 9.17) is 17.0 Å². The Balaban J connectivity index is 1.53. The summed E-state index contributed by atoms with van der Waals surface area (Å²) in [5.41, 5.74) is 6.40. The van der Waals surface area contributed by atoms with Gasteiger partial charge in [0, 0.05) is 0 Å². The lowest BCUT2D eigenvalue weighted by molar-refractivity contribution is -0.121. The summed E-state index contributed by atoms with van der Waals surface area (Å²) in [6, 6.07) is 20.7. The van der Waals surface area contributed by atoms with E-state index < -0.39 is 5.91 Å². The summed E-state index contributed by atoms with van der Waals surface area (Å²) < 4.78 is 5.69. The van der Waals surface area contributed by atoms with Gasteiger partial charge in [0.15, 0.2) is 5.11 Å². The molecule has 31 heavy (non-hydrogen) atoms. The number of carbonyl (C=O) groups is 2. The molecule has 3 N–H and O–H groups in total. The molecule has 0 spiro atoms. The van der Waals surface area contributed by atoms with Crippen LogP contribution >= 0.6 is 12.2 Å². The van der Waals surface area contributed by atoms with E-state index in [0.29, 0.717) is 17.9 Å². The molecule has 0 aliphatic heterocycles. The highest BCUT2D eigenvalue weighted by atomic mass is 32.1. The molecule has 0 radical (unpaired) electrons. The zero-order chi connectivity index (χ0) is 22.1. The lowest BCUT2D eigenvalue weighted by atomic mass is 10.0. The SMILES string of the molecule is CCCCOc1ccccc1C(=O)NC(=S)NNC(=O)Cc1cccc2ccccc12. The first-order valence-corrected chi connectivity index (χ1v) is 10.6. The number of amides is 2. The summed E-state index contributed by atoms with van der Waals surface area (Å²) in [5, 5.41) is 4.66. The van der Waals surface area contributed by atoms with E-state index in [1.165, 1.54) is 0 Å². The average Bonchev–Trinajstić information content (AvgIpc) is 2.78. The second-order valence-electron chi connectivity index (χ2n) is 6.97. The van der Waals surface area contributed by atoms with Crippen molar-refractivity contribution in [1.82, 2.24) is 16.2 Å². The Morgan fingerprint density at radius 1 is 0.935 bits per heavy atom. The molecule has 0 heterocycles. The third kappa shape index (κ3) is 6.26. The van der Waals surface area contributed by atoms with Gasteiger partial charge in [0.25, 0.3) is 5.91 Å². The maximum Gasteiger partial charge on any atom is 0.261 e. The minimum Gasteiger partial charge on any atom is -0.493 e. The van der Waals surface area contributed by atoms with Gasteiger partial charge in [-0.1, -0.05) is 67.9 Å². The molecule has 3 aromatic carbocycles. The topological polar surface area (TPSA) is 79.5 Å². The van der Waals surface area contributed by atoms with Gasteiger partial charge in [-0.25, -0.2) is 0 Å². The number of para-hydroxylation sites is 1. The van der Waals surface area contributed by atoms with E-state index in [1.807, 2.05) is 48.5 Å². The molecule has 6 nitrogen and oxygen atoms in total. The molecule has 0 aliphatic rings. The molecule has 3 aromatic rings. The van der Waals surface area contributed by atoms with Crippen LogP contribution in [0.3, 0.4) is 0 Å². The molecular weight excluding hydrogens is 410 g/mol. The highest BCUT2D eigenvalue weighted by Crippen LogP contribution is 2.19. The third-order valence-corrected chi connectivity index (χ3v) is 4.86. The lowest BCUT2D eigenvalue weighted by Crippen LogP contribution is -2.48. The molecule has 0 aromatic heterocycles. The Hall–Kier alpha value is -3.45. The Morgan fingerprint density at radius 2 is 1.68 bits per heavy atom. The van der Waals surface area contributed by atoms with E-state index >= 15 is 0 Å². The zero-order valence-electron chi connectivity index (χ0n) is 17.3. The molecule has 0 bridgehead atoms. The first-order valence-electron chi connectivity index (χ1n) is 10.2. The van der Waals surface area contributed by atoms with Crippen molar-refractivity contribution in [2.75, 3.05) is 6.61 Å². The number of hydrogen-bond donors (Lipinski definition) is 3. The third-order valence-electron chi connectivity index (χ3n) is 4.66. The van der Waals surface area contributed by atoms with Gasteiger partial charge in [0.05, 0.1) is 18.6 Å². The van der Waals surface area contributed by atoms with Crippen LogP contribution in [0.15, 0.2) is 66.7 Å². The number of rotatable bonds is 7. The summed E-state index contributed by atoms with van der Waals surface area (Å²) in [6.07, 6.45) is 2.08. The fourth-order valence-corrected chi connectivity index (χ4v) is 3.24. The van der Waals surface area contributed by atoms with Gasteiger partial charge in [0.2, 0.25) is 5.91 Å². The predicted octanol–water partition coefficient (Wildman–Crippen LogP) is 3.90. The number of hydrogen-bond acceptors (Lipinski definition) is 4. The zero-order valence-corrected chi connectivity index (χ0v) is 18.1. The Kier molecular flexibility index (Phi) is 7.95. The fraction of sp³-hybridized carbons (Fsp3) is 0.208. The molecule has 2 amide bonds. The van der Waals surface area contributed by atoms with Crippen molar-refractivity contribution in [1.29, 1.82) is 0 Å². The number of thiocarbonyl (C=S) groups is 1. The quantitative estimate of drug-likeness (QED) is 0.298. The van der Waals surface area contributed by atoms with Crippen molar-refractivity contribution >= 4 is 39.9 Å². The first-order chi connectivity index (χ1) is 15.1. The van der Waals surface area contributed by atoms with E-state index in [2.05, 4.69) is 23.1 Å². The minimum absolute atomic E-state index is 0.000342. The van der Waals surface area contributed by atoms with Crippen LogP contribution < -0.4 is 20.9 Å². The average molecular weight is 436 g/mol. The highest BCUT2D eigenvalue weighted by molar-refractivity contribution is 7.80. The molecule has 0 atom stereocenters. The number of fused-ring (bicyclic) bond motifs is 1. The van der Waals surface area contributed by atoms with Crippen LogP contribution in [0.2, 0.25) is 0 Å². The van der Waals surface area contributed by atoms with Gasteiger partial charge < -0.3 is 4.74 Å².